The largest absolute Gasteiger partial charge is 0.352 e. The number of nitrogens with one attached hydrogen (secondary N) is 1. The lowest BCUT2D eigenvalue weighted by Gasteiger charge is -2.30. The van der Waals surface area contributed by atoms with E-state index in [0.29, 0.717) is 49.6 Å². The average molecular weight is 489 g/mol. The van der Waals surface area contributed by atoms with Gasteiger partial charge in [-0.1, -0.05) is 35.8 Å². The molecule has 176 valence electrons. The van der Waals surface area contributed by atoms with Crippen LogP contribution in [0.5, 0.6) is 0 Å². The molecule has 1 aromatic carbocycles. The third-order valence-corrected chi connectivity index (χ3v) is 9.19. The van der Waals surface area contributed by atoms with Gasteiger partial charge in [-0.2, -0.15) is 9.29 Å². The summed E-state index contributed by atoms with van der Waals surface area (Å²) in [5.74, 6) is 0.405. The van der Waals surface area contributed by atoms with Crippen molar-refractivity contribution >= 4 is 27.3 Å². The molecular formula is C23H28N4O4S2. The maximum Gasteiger partial charge on any atom is 0.252 e. The zero-order valence-electron chi connectivity index (χ0n) is 19.0. The van der Waals surface area contributed by atoms with Gasteiger partial charge < -0.3 is 9.84 Å². The Kier molecular flexibility index (Phi) is 6.96. The van der Waals surface area contributed by atoms with Gasteiger partial charge in [0.25, 0.3) is 10.0 Å². The molecule has 1 unspecified atom stereocenters. The van der Waals surface area contributed by atoms with Gasteiger partial charge in [0, 0.05) is 37.0 Å². The molecule has 0 saturated carbocycles. The highest BCUT2D eigenvalue weighted by molar-refractivity contribution is 7.91. The average Bonchev–Trinajstić information content (AvgIpc) is 3.49. The first-order valence-corrected chi connectivity index (χ1v) is 13.4. The Bertz CT molecular complexity index is 1250. The fourth-order valence-electron chi connectivity index (χ4n) is 3.90. The Labute approximate surface area is 198 Å². The van der Waals surface area contributed by atoms with E-state index >= 15 is 0 Å². The molecule has 0 radical (unpaired) electrons. The molecule has 1 amide bonds. The lowest BCUT2D eigenvalue weighted by molar-refractivity contribution is -0.126. The van der Waals surface area contributed by atoms with E-state index in [4.69, 9.17) is 4.52 Å². The Hall–Kier alpha value is -2.56. The first kappa shape index (κ1) is 23.6. The van der Waals surface area contributed by atoms with Crippen molar-refractivity contribution in [2.24, 2.45) is 5.92 Å². The quantitative estimate of drug-likeness (QED) is 0.544. The van der Waals surface area contributed by atoms with Crippen LogP contribution in [0.3, 0.4) is 0 Å². The van der Waals surface area contributed by atoms with E-state index in [2.05, 4.69) is 21.5 Å². The number of sulfonamides is 1. The lowest BCUT2D eigenvalue weighted by Crippen LogP contribution is -2.45. The number of thiophene rings is 1. The molecule has 33 heavy (non-hydrogen) atoms. The molecule has 1 aliphatic rings. The molecule has 3 heterocycles. The van der Waals surface area contributed by atoms with Crippen molar-refractivity contribution < 1.29 is 17.7 Å². The summed E-state index contributed by atoms with van der Waals surface area (Å²) in [6.07, 6.45) is 1.93. The Morgan fingerprint density at radius 3 is 2.88 bits per heavy atom. The summed E-state index contributed by atoms with van der Waals surface area (Å²) in [7, 11) is -3.71. The molecule has 0 bridgehead atoms. The number of nitrogens with zero attached hydrogens (tertiary/aromatic N) is 3. The third-order valence-electron chi connectivity index (χ3n) is 5.91. The van der Waals surface area contributed by atoms with Crippen LogP contribution in [0.4, 0.5) is 0 Å². The molecular weight excluding hydrogens is 460 g/mol. The highest BCUT2D eigenvalue weighted by atomic mass is 32.2. The molecule has 10 heteroatoms. The molecule has 1 aliphatic heterocycles. The molecule has 8 nitrogen and oxygen atoms in total. The summed E-state index contributed by atoms with van der Waals surface area (Å²) in [4.78, 5) is 17.1. The second-order valence-corrected chi connectivity index (χ2v) is 11.4. The van der Waals surface area contributed by atoms with Crippen molar-refractivity contribution in [2.75, 3.05) is 13.1 Å². The predicted molar refractivity (Wildman–Crippen MR) is 126 cm³/mol. The normalized spacial score (nSPS) is 17.2. The topological polar surface area (TPSA) is 105 Å². The zero-order valence-corrected chi connectivity index (χ0v) is 20.6. The SMILES string of the molecule is CCc1nc(-c2csc(S(=O)(=O)N3CCCC(C(=O)NCc4cc(C)ccc4C)C3)c2)no1. The van der Waals surface area contributed by atoms with Gasteiger partial charge in [-0.05, 0) is 43.9 Å². The van der Waals surface area contributed by atoms with Crippen molar-refractivity contribution in [1.29, 1.82) is 0 Å². The van der Waals surface area contributed by atoms with Gasteiger partial charge in [0.2, 0.25) is 17.6 Å². The van der Waals surface area contributed by atoms with Gasteiger partial charge in [-0.3, -0.25) is 4.79 Å². The number of benzene rings is 1. The minimum atomic E-state index is -3.71. The molecule has 4 rings (SSSR count). The molecule has 1 N–H and O–H groups in total. The van der Waals surface area contributed by atoms with Crippen LogP contribution in [0.2, 0.25) is 0 Å². The Balaban J connectivity index is 1.43. The van der Waals surface area contributed by atoms with E-state index in [-0.39, 0.29) is 22.6 Å². The number of rotatable bonds is 7. The fraction of sp³-hybridized carbons (Fsp3) is 0.435. The van der Waals surface area contributed by atoms with Crippen LogP contribution in [-0.4, -0.2) is 41.9 Å². The Morgan fingerprint density at radius 1 is 1.30 bits per heavy atom. The first-order chi connectivity index (χ1) is 15.8. The predicted octanol–water partition coefficient (Wildman–Crippen LogP) is 3.69. The number of aryl methyl sites for hydroxylation is 3. The van der Waals surface area contributed by atoms with Gasteiger partial charge >= 0.3 is 0 Å². The molecule has 0 spiro atoms. The first-order valence-electron chi connectivity index (χ1n) is 11.0. The molecule has 3 aromatic rings. The summed E-state index contributed by atoms with van der Waals surface area (Å²) in [6.45, 7) is 6.96. The highest BCUT2D eigenvalue weighted by Crippen LogP contribution is 2.31. The lowest BCUT2D eigenvalue weighted by atomic mass is 9.98. The number of hydrogen-bond donors (Lipinski definition) is 1. The summed E-state index contributed by atoms with van der Waals surface area (Å²) < 4.78 is 33.3. The molecule has 1 fully saturated rings. The van der Waals surface area contributed by atoms with Crippen LogP contribution in [0, 0.1) is 19.8 Å². The van der Waals surface area contributed by atoms with Crippen LogP contribution in [0.15, 0.2) is 38.4 Å². The van der Waals surface area contributed by atoms with E-state index in [1.54, 1.807) is 11.4 Å². The second kappa shape index (κ2) is 9.74. The Morgan fingerprint density at radius 2 is 2.12 bits per heavy atom. The number of piperidine rings is 1. The summed E-state index contributed by atoms with van der Waals surface area (Å²) in [5.41, 5.74) is 3.95. The number of hydrogen-bond acceptors (Lipinski definition) is 7. The summed E-state index contributed by atoms with van der Waals surface area (Å²) in [5, 5.41) is 8.63. The van der Waals surface area contributed by atoms with E-state index in [1.807, 2.05) is 32.9 Å². The minimum absolute atomic E-state index is 0.110. The van der Waals surface area contributed by atoms with Crippen LogP contribution in [-0.2, 0) is 27.8 Å². The summed E-state index contributed by atoms with van der Waals surface area (Å²) in [6, 6.07) is 7.73. The molecule has 2 aromatic heterocycles. The van der Waals surface area contributed by atoms with Gasteiger partial charge in [0.1, 0.15) is 4.21 Å². The van der Waals surface area contributed by atoms with Crippen LogP contribution >= 0.6 is 11.3 Å². The molecule has 1 saturated heterocycles. The monoisotopic (exact) mass is 488 g/mol. The van der Waals surface area contributed by atoms with Crippen molar-refractivity contribution in [3.8, 4) is 11.4 Å². The van der Waals surface area contributed by atoms with Crippen LogP contribution in [0.25, 0.3) is 11.4 Å². The van der Waals surface area contributed by atoms with E-state index < -0.39 is 10.0 Å². The van der Waals surface area contributed by atoms with Crippen LogP contribution in [0.1, 0.15) is 42.3 Å². The van der Waals surface area contributed by atoms with Crippen molar-refractivity contribution in [2.45, 2.75) is 50.8 Å². The van der Waals surface area contributed by atoms with Crippen LogP contribution < -0.4 is 5.32 Å². The van der Waals surface area contributed by atoms with Gasteiger partial charge in [-0.25, -0.2) is 8.42 Å². The van der Waals surface area contributed by atoms with E-state index in [1.165, 1.54) is 4.31 Å². The van der Waals surface area contributed by atoms with Crippen molar-refractivity contribution in [3.63, 3.8) is 0 Å². The standard InChI is InChI=1S/C23H28N4O4S2/c1-4-20-25-22(26-31-20)19-11-21(32-14-19)33(29,30)27-9-5-6-17(13-27)23(28)24-12-18-10-15(2)7-8-16(18)3/h7-8,10-11,14,17H,4-6,9,12-13H2,1-3H3,(H,24,28). The van der Waals surface area contributed by atoms with Crippen molar-refractivity contribution in [3.05, 3.63) is 52.2 Å². The van der Waals surface area contributed by atoms with Gasteiger partial charge in [0.15, 0.2) is 0 Å². The maximum absolute atomic E-state index is 13.3. The third kappa shape index (κ3) is 5.18. The number of carbonyl (C=O) groups excluding carboxylic acids is 1. The van der Waals surface area contributed by atoms with E-state index in [0.717, 1.165) is 28.0 Å². The molecule has 0 aliphatic carbocycles. The zero-order chi connectivity index (χ0) is 23.6. The summed E-state index contributed by atoms with van der Waals surface area (Å²) >= 11 is 1.13. The van der Waals surface area contributed by atoms with E-state index in [9.17, 15) is 13.2 Å². The highest BCUT2D eigenvalue weighted by Gasteiger charge is 2.34. The second-order valence-electron chi connectivity index (χ2n) is 8.37. The smallest absolute Gasteiger partial charge is 0.252 e. The van der Waals surface area contributed by atoms with Crippen molar-refractivity contribution in [1.82, 2.24) is 19.8 Å². The number of carbonyl (C=O) groups is 1. The maximum atomic E-state index is 13.3. The molecule has 1 atom stereocenters. The van der Waals surface area contributed by atoms with Gasteiger partial charge in [0.05, 0.1) is 5.92 Å². The number of amides is 1. The fourth-order valence-corrected chi connectivity index (χ4v) is 6.74. The van der Waals surface area contributed by atoms with Gasteiger partial charge in [-0.15, -0.1) is 11.3 Å². The minimum Gasteiger partial charge on any atom is -0.352 e. The number of aromatic nitrogens is 2.